The average molecular weight is 318 g/mol. The highest BCUT2D eigenvalue weighted by molar-refractivity contribution is 5.65. The molecule has 2 aromatic carbocycles. The number of para-hydroxylation sites is 1. The molecule has 1 aliphatic rings. The van der Waals surface area contributed by atoms with Crippen molar-refractivity contribution in [2.24, 2.45) is 0 Å². The molecule has 0 fully saturated rings. The molecule has 23 heavy (non-hydrogen) atoms. The van der Waals surface area contributed by atoms with Gasteiger partial charge in [0.05, 0.1) is 11.8 Å². The van der Waals surface area contributed by atoms with Crippen LogP contribution in [0.1, 0.15) is 18.4 Å². The topological polar surface area (TPSA) is 24.5 Å². The van der Waals surface area contributed by atoms with Crippen LogP contribution in [0.5, 0.6) is 0 Å². The number of nitrogens with one attached hydrogen (secondary N) is 1. The van der Waals surface area contributed by atoms with E-state index in [2.05, 4.69) is 5.32 Å². The van der Waals surface area contributed by atoms with E-state index in [1.807, 2.05) is 7.05 Å². The zero-order valence-corrected chi connectivity index (χ0v) is 13.1. The number of fused-ring (bicyclic) bond motifs is 1. The van der Waals surface area contributed by atoms with Gasteiger partial charge in [-0.15, -0.1) is 0 Å². The van der Waals surface area contributed by atoms with Crippen LogP contribution in [0.3, 0.4) is 0 Å². The fourth-order valence-corrected chi connectivity index (χ4v) is 2.87. The molecule has 3 nitrogen and oxygen atoms in total. The van der Waals surface area contributed by atoms with E-state index < -0.39 is 0 Å². The molecule has 1 aliphatic heterocycles. The molecule has 0 saturated heterocycles. The van der Waals surface area contributed by atoms with Gasteiger partial charge in [0.2, 0.25) is 0 Å². The molecule has 0 spiro atoms. The van der Waals surface area contributed by atoms with E-state index in [0.717, 1.165) is 24.9 Å². The van der Waals surface area contributed by atoms with Gasteiger partial charge < -0.3 is 5.32 Å². The summed E-state index contributed by atoms with van der Waals surface area (Å²) in [6, 6.07) is 11.0. The molecule has 1 unspecified atom stereocenters. The lowest BCUT2D eigenvalue weighted by molar-refractivity contribution is 0.0358. The molecule has 122 valence electrons. The van der Waals surface area contributed by atoms with Gasteiger partial charge in [-0.2, -0.15) is 0 Å². The molecular formula is C18H20F2N2O. The van der Waals surface area contributed by atoms with Gasteiger partial charge in [0.15, 0.2) is 0 Å². The zero-order valence-electron chi connectivity index (χ0n) is 13.1. The van der Waals surface area contributed by atoms with Crippen molar-refractivity contribution in [1.82, 2.24) is 5.32 Å². The van der Waals surface area contributed by atoms with Crippen molar-refractivity contribution in [3.8, 4) is 0 Å². The number of hydrogen-bond acceptors (Lipinski definition) is 3. The molecule has 5 heteroatoms. The Bertz CT molecular complexity index is 678. The van der Waals surface area contributed by atoms with Gasteiger partial charge in [-0.3, -0.25) is 4.84 Å². The second-order valence-corrected chi connectivity index (χ2v) is 5.70. The maximum Gasteiger partial charge on any atom is 0.149 e. The Balaban J connectivity index is 1.92. The summed E-state index contributed by atoms with van der Waals surface area (Å²) in [5.74, 6) is -0.647. The molecule has 1 N–H and O–H groups in total. The first-order chi connectivity index (χ1) is 11.2. The van der Waals surface area contributed by atoms with E-state index in [9.17, 15) is 8.78 Å². The third-order valence-corrected chi connectivity index (χ3v) is 3.99. The van der Waals surface area contributed by atoms with E-state index in [0.29, 0.717) is 17.8 Å². The van der Waals surface area contributed by atoms with Crippen LogP contribution in [0.15, 0.2) is 42.5 Å². The smallest absolute Gasteiger partial charge is 0.149 e. The number of halogens is 2. The number of anilines is 2. The molecule has 0 radical (unpaired) electrons. The Morgan fingerprint density at radius 3 is 2.78 bits per heavy atom. The monoisotopic (exact) mass is 318 g/mol. The highest BCUT2D eigenvalue weighted by Gasteiger charge is 2.28. The summed E-state index contributed by atoms with van der Waals surface area (Å²) in [6.45, 7) is 0.884. The summed E-state index contributed by atoms with van der Waals surface area (Å²) in [6.07, 6.45) is 2.29. The van der Waals surface area contributed by atoms with Crippen LogP contribution in [0.4, 0.5) is 20.2 Å². The lowest BCUT2D eigenvalue weighted by Crippen LogP contribution is -2.34. The average Bonchev–Trinajstić information content (AvgIpc) is 2.54. The molecule has 0 bridgehead atoms. The Morgan fingerprint density at radius 2 is 2.00 bits per heavy atom. The Hall–Kier alpha value is -1.98. The maximum atomic E-state index is 14.2. The first-order valence-corrected chi connectivity index (χ1v) is 7.83. The molecule has 0 aliphatic carbocycles. The second kappa shape index (κ2) is 7.06. The zero-order chi connectivity index (χ0) is 16.2. The summed E-state index contributed by atoms with van der Waals surface area (Å²) in [5, 5.41) is 4.60. The molecule has 1 atom stereocenters. The predicted octanol–water partition coefficient (Wildman–Crippen LogP) is 3.96. The largest absolute Gasteiger partial charge is 0.320 e. The standard InChI is InChI=1S/C18H20F2N2O/c1-21-10-4-5-15-12-13-11-14(19)8-9-17(13)22(23-15)18-7-3-2-6-16(18)20/h2-3,6-9,11,15,21H,4-5,10,12H2,1H3. The quantitative estimate of drug-likeness (QED) is 0.845. The van der Waals surface area contributed by atoms with Crippen LogP contribution in [0.2, 0.25) is 0 Å². The fourth-order valence-electron chi connectivity index (χ4n) is 2.87. The van der Waals surface area contributed by atoms with Gasteiger partial charge in [0.1, 0.15) is 17.3 Å². The Labute approximate surface area is 134 Å². The summed E-state index contributed by atoms with van der Waals surface area (Å²) in [4.78, 5) is 6.01. The van der Waals surface area contributed by atoms with Crippen LogP contribution in [-0.2, 0) is 11.3 Å². The molecule has 3 rings (SSSR count). The molecule has 0 aromatic heterocycles. The minimum Gasteiger partial charge on any atom is -0.320 e. The lowest BCUT2D eigenvalue weighted by atomic mass is 10.00. The van der Waals surface area contributed by atoms with E-state index in [-0.39, 0.29) is 17.7 Å². The van der Waals surface area contributed by atoms with Crippen molar-refractivity contribution in [2.45, 2.75) is 25.4 Å². The van der Waals surface area contributed by atoms with Gasteiger partial charge in [0, 0.05) is 6.42 Å². The first kappa shape index (κ1) is 15.9. The SMILES string of the molecule is CNCCCC1Cc2cc(F)ccc2N(c2ccccc2F)O1. The van der Waals surface area contributed by atoms with Crippen molar-refractivity contribution < 1.29 is 13.6 Å². The normalized spacial score (nSPS) is 17.2. The molecule has 0 saturated carbocycles. The van der Waals surface area contributed by atoms with Crippen LogP contribution in [0, 0.1) is 11.6 Å². The molecule has 2 aromatic rings. The van der Waals surface area contributed by atoms with Gasteiger partial charge >= 0.3 is 0 Å². The van der Waals surface area contributed by atoms with Crippen molar-refractivity contribution in [2.75, 3.05) is 18.7 Å². The van der Waals surface area contributed by atoms with Gasteiger partial charge in [-0.05, 0) is 62.3 Å². The Morgan fingerprint density at radius 1 is 1.17 bits per heavy atom. The van der Waals surface area contributed by atoms with Crippen LogP contribution < -0.4 is 10.4 Å². The minimum atomic E-state index is -0.362. The minimum absolute atomic E-state index is 0.0998. The van der Waals surface area contributed by atoms with Gasteiger partial charge in [0.25, 0.3) is 0 Å². The van der Waals surface area contributed by atoms with Crippen molar-refractivity contribution in [3.05, 3.63) is 59.7 Å². The van der Waals surface area contributed by atoms with E-state index in [1.54, 1.807) is 24.3 Å². The lowest BCUT2D eigenvalue weighted by Gasteiger charge is -2.35. The van der Waals surface area contributed by atoms with Crippen LogP contribution in [-0.4, -0.2) is 19.7 Å². The van der Waals surface area contributed by atoms with E-state index >= 15 is 0 Å². The third-order valence-electron chi connectivity index (χ3n) is 3.99. The number of hydrogen-bond donors (Lipinski definition) is 1. The fraction of sp³-hybridized carbons (Fsp3) is 0.333. The molecular weight excluding hydrogens is 298 g/mol. The van der Waals surface area contributed by atoms with Crippen molar-refractivity contribution in [3.63, 3.8) is 0 Å². The summed E-state index contributed by atoms with van der Waals surface area (Å²) in [5.41, 5.74) is 1.88. The predicted molar refractivity (Wildman–Crippen MR) is 86.7 cm³/mol. The van der Waals surface area contributed by atoms with E-state index in [1.165, 1.54) is 23.3 Å². The number of rotatable bonds is 5. The highest BCUT2D eigenvalue weighted by atomic mass is 19.1. The molecule has 1 heterocycles. The maximum absolute atomic E-state index is 14.2. The second-order valence-electron chi connectivity index (χ2n) is 5.70. The third kappa shape index (κ3) is 3.51. The van der Waals surface area contributed by atoms with Gasteiger partial charge in [-0.25, -0.2) is 13.8 Å². The van der Waals surface area contributed by atoms with Crippen LogP contribution >= 0.6 is 0 Å². The van der Waals surface area contributed by atoms with Crippen molar-refractivity contribution in [1.29, 1.82) is 0 Å². The van der Waals surface area contributed by atoms with E-state index in [4.69, 9.17) is 4.84 Å². The number of nitrogens with zero attached hydrogens (tertiary/aromatic N) is 1. The Kier molecular flexibility index (Phi) is 4.88. The summed E-state index contributed by atoms with van der Waals surface area (Å²) in [7, 11) is 1.90. The summed E-state index contributed by atoms with van der Waals surface area (Å²) >= 11 is 0. The first-order valence-electron chi connectivity index (χ1n) is 7.83. The number of benzene rings is 2. The molecule has 0 amide bonds. The van der Waals surface area contributed by atoms with Gasteiger partial charge in [-0.1, -0.05) is 12.1 Å². The van der Waals surface area contributed by atoms with Crippen LogP contribution in [0.25, 0.3) is 0 Å². The highest BCUT2D eigenvalue weighted by Crippen LogP contribution is 2.37. The van der Waals surface area contributed by atoms with Crippen molar-refractivity contribution >= 4 is 11.4 Å². The summed E-state index contributed by atoms with van der Waals surface area (Å²) < 4.78 is 27.8.